The summed E-state index contributed by atoms with van der Waals surface area (Å²) in [6.07, 6.45) is 5.09. The number of carbonyl (C=O) groups excluding carboxylic acids is 2. The maximum absolute atomic E-state index is 15.0. The van der Waals surface area contributed by atoms with E-state index in [1.54, 1.807) is 47.6 Å². The second kappa shape index (κ2) is 13.9. The molecule has 4 aliphatic rings. The topological polar surface area (TPSA) is 113 Å². The first-order valence-electron chi connectivity index (χ1n) is 18.4. The van der Waals surface area contributed by atoms with E-state index in [0.29, 0.717) is 65.0 Å². The third-order valence-electron chi connectivity index (χ3n) is 11.0. The molecule has 0 radical (unpaired) electrons. The van der Waals surface area contributed by atoms with Gasteiger partial charge < -0.3 is 33.7 Å². The standard InChI is InChI=1S/C42H42N6O6/c1-44-12-11-28-18-32(22-43-40(28)44)48(31-7-9-34(49)10-8-31)41(50)30-19-37(45(2)23-30)35-20-38-39(54-26-53-38)21-36(35)42(51)47-24-29-6-4-3-5-27(29)17-33(47)25-46-13-15-52-16-14-46/h3-10,18-23,33,49H,11-17,24-26H2,1-2H3/t33-/m0/s1. The monoisotopic (exact) mass is 726 g/mol. The number of nitrogens with zero attached hydrogens (tertiary/aromatic N) is 6. The third-order valence-corrected chi connectivity index (χ3v) is 11.0. The Morgan fingerprint density at radius 2 is 1.65 bits per heavy atom. The first-order chi connectivity index (χ1) is 26.3. The highest BCUT2D eigenvalue weighted by atomic mass is 16.7. The highest BCUT2D eigenvalue weighted by Gasteiger charge is 2.35. The summed E-state index contributed by atoms with van der Waals surface area (Å²) in [5.41, 5.74) is 6.92. The minimum absolute atomic E-state index is 0.0473. The molecule has 276 valence electrons. The Morgan fingerprint density at radius 3 is 2.44 bits per heavy atom. The van der Waals surface area contributed by atoms with E-state index in [0.717, 1.165) is 56.0 Å². The molecule has 0 saturated carbocycles. The number of phenolic OH excluding ortho intramolecular Hbond substituents is 1. The van der Waals surface area contributed by atoms with Crippen LogP contribution >= 0.6 is 0 Å². The number of hydrogen-bond donors (Lipinski definition) is 1. The number of phenols is 1. The molecule has 0 bridgehead atoms. The van der Waals surface area contributed by atoms with Gasteiger partial charge in [-0.3, -0.25) is 19.4 Å². The van der Waals surface area contributed by atoms with Crippen molar-refractivity contribution >= 4 is 29.0 Å². The summed E-state index contributed by atoms with van der Waals surface area (Å²) in [4.78, 5) is 42.5. The summed E-state index contributed by atoms with van der Waals surface area (Å²) in [6.45, 7) is 5.17. The molecular weight excluding hydrogens is 684 g/mol. The van der Waals surface area contributed by atoms with E-state index in [2.05, 4.69) is 28.0 Å². The van der Waals surface area contributed by atoms with E-state index >= 15 is 4.79 Å². The van der Waals surface area contributed by atoms with Gasteiger partial charge in [0.15, 0.2) is 11.5 Å². The summed E-state index contributed by atoms with van der Waals surface area (Å²) < 4.78 is 19.1. The van der Waals surface area contributed by atoms with Gasteiger partial charge in [0.2, 0.25) is 6.79 Å². The lowest BCUT2D eigenvalue weighted by Crippen LogP contribution is -2.52. The van der Waals surface area contributed by atoms with E-state index in [1.807, 2.05) is 47.8 Å². The van der Waals surface area contributed by atoms with Crippen LogP contribution in [-0.4, -0.2) is 95.5 Å². The second-order valence-corrected chi connectivity index (χ2v) is 14.5. The molecule has 4 aliphatic heterocycles. The highest BCUT2D eigenvalue weighted by Crippen LogP contribution is 2.41. The number of carbonyl (C=O) groups is 2. The number of hydrogen-bond acceptors (Lipinski definition) is 9. The van der Waals surface area contributed by atoms with Gasteiger partial charge in [-0.15, -0.1) is 0 Å². The first-order valence-corrected chi connectivity index (χ1v) is 18.4. The van der Waals surface area contributed by atoms with Crippen LogP contribution in [0.3, 0.4) is 0 Å². The molecule has 9 rings (SSSR count). The number of pyridine rings is 1. The van der Waals surface area contributed by atoms with Crippen LogP contribution in [0.15, 0.2) is 85.2 Å². The van der Waals surface area contributed by atoms with Crippen molar-refractivity contribution in [3.63, 3.8) is 0 Å². The van der Waals surface area contributed by atoms with Crippen molar-refractivity contribution < 1.29 is 28.9 Å². The largest absolute Gasteiger partial charge is 0.508 e. The maximum atomic E-state index is 15.0. The van der Waals surface area contributed by atoms with E-state index in [4.69, 9.17) is 19.2 Å². The van der Waals surface area contributed by atoms with Crippen LogP contribution in [0.5, 0.6) is 17.2 Å². The molecule has 2 aromatic heterocycles. The summed E-state index contributed by atoms with van der Waals surface area (Å²) in [5.74, 6) is 1.69. The fraction of sp³-hybridized carbons (Fsp3) is 0.310. The molecule has 2 amide bonds. The number of anilines is 3. The van der Waals surface area contributed by atoms with Gasteiger partial charge in [-0.05, 0) is 78.1 Å². The number of rotatable bonds is 7. The van der Waals surface area contributed by atoms with Gasteiger partial charge in [-0.1, -0.05) is 24.3 Å². The lowest BCUT2D eigenvalue weighted by molar-refractivity contribution is 0.0193. The average Bonchev–Trinajstić information content (AvgIpc) is 3.93. The smallest absolute Gasteiger partial charge is 0.264 e. The minimum Gasteiger partial charge on any atom is -0.508 e. The molecule has 54 heavy (non-hydrogen) atoms. The van der Waals surface area contributed by atoms with E-state index in [9.17, 15) is 9.90 Å². The van der Waals surface area contributed by atoms with Gasteiger partial charge >= 0.3 is 0 Å². The maximum Gasteiger partial charge on any atom is 0.264 e. The number of likely N-dealkylation sites (N-methyl/N-ethyl adjacent to an activating group) is 1. The molecule has 0 unspecified atom stereocenters. The molecule has 12 heteroatoms. The summed E-state index contributed by atoms with van der Waals surface area (Å²) >= 11 is 0. The Bertz CT molecular complexity index is 2250. The Balaban J connectivity index is 1.10. The molecule has 0 aliphatic carbocycles. The average molecular weight is 727 g/mol. The highest BCUT2D eigenvalue weighted by molar-refractivity contribution is 6.12. The van der Waals surface area contributed by atoms with Crippen molar-refractivity contribution in [2.45, 2.75) is 25.4 Å². The minimum atomic E-state index is -0.275. The number of aromatic hydroxyl groups is 1. The van der Waals surface area contributed by atoms with E-state index < -0.39 is 0 Å². The number of morpholine rings is 1. The van der Waals surface area contributed by atoms with Gasteiger partial charge in [-0.2, -0.15) is 0 Å². The number of aromatic nitrogens is 2. The number of fused-ring (bicyclic) bond motifs is 3. The van der Waals surface area contributed by atoms with Crippen LogP contribution in [0.1, 0.15) is 37.4 Å². The molecular formula is C42H42N6O6. The zero-order valence-electron chi connectivity index (χ0n) is 30.4. The van der Waals surface area contributed by atoms with Gasteiger partial charge in [0.1, 0.15) is 11.6 Å². The van der Waals surface area contributed by atoms with Gasteiger partial charge in [0.05, 0.1) is 36.2 Å². The van der Waals surface area contributed by atoms with Crippen molar-refractivity contribution in [3.05, 3.63) is 113 Å². The summed E-state index contributed by atoms with van der Waals surface area (Å²) in [7, 11) is 3.89. The molecule has 1 N–H and O–H groups in total. The van der Waals surface area contributed by atoms with Crippen molar-refractivity contribution in [3.8, 4) is 28.5 Å². The quantitative estimate of drug-likeness (QED) is 0.236. The zero-order chi connectivity index (χ0) is 36.9. The summed E-state index contributed by atoms with van der Waals surface area (Å²) in [6, 6.07) is 22.4. The summed E-state index contributed by atoms with van der Waals surface area (Å²) in [5, 5.41) is 10.1. The van der Waals surface area contributed by atoms with Crippen LogP contribution < -0.4 is 19.3 Å². The van der Waals surface area contributed by atoms with Crippen molar-refractivity contribution in [1.82, 2.24) is 19.4 Å². The fourth-order valence-electron chi connectivity index (χ4n) is 8.15. The van der Waals surface area contributed by atoms with Crippen LogP contribution in [0.2, 0.25) is 0 Å². The van der Waals surface area contributed by atoms with Crippen LogP contribution in [-0.2, 0) is 31.2 Å². The molecule has 12 nitrogen and oxygen atoms in total. The lowest BCUT2D eigenvalue weighted by atomic mass is 9.92. The van der Waals surface area contributed by atoms with Crippen LogP contribution in [0.25, 0.3) is 11.3 Å². The molecule has 0 spiro atoms. The molecule has 3 aromatic carbocycles. The predicted molar refractivity (Wildman–Crippen MR) is 204 cm³/mol. The normalized spacial score (nSPS) is 17.7. The van der Waals surface area contributed by atoms with E-state index in [-0.39, 0.29) is 30.4 Å². The first kappa shape index (κ1) is 34.0. The lowest BCUT2D eigenvalue weighted by Gasteiger charge is -2.40. The third kappa shape index (κ3) is 6.20. The van der Waals surface area contributed by atoms with Crippen molar-refractivity contribution in [2.75, 3.05) is 63.0 Å². The molecule has 1 fully saturated rings. The number of benzene rings is 3. The van der Waals surface area contributed by atoms with Crippen LogP contribution in [0, 0.1) is 0 Å². The van der Waals surface area contributed by atoms with Crippen LogP contribution in [0.4, 0.5) is 17.2 Å². The molecule has 1 saturated heterocycles. The SMILES string of the molecule is CN1CCc2cc(N(C(=O)c3cc(-c4cc5c(cc4C(=O)N4Cc6ccccc6C[C@H]4CN4CCOCC4)OCO5)n(C)c3)c3ccc(O)cc3)cnc21. The zero-order valence-corrected chi connectivity index (χ0v) is 30.4. The Kier molecular flexibility index (Phi) is 8.71. The Morgan fingerprint density at radius 1 is 0.889 bits per heavy atom. The number of aryl methyl sites for hydroxylation is 1. The number of ether oxygens (including phenoxy) is 3. The van der Waals surface area contributed by atoms with Gasteiger partial charge in [-0.25, -0.2) is 4.98 Å². The Labute approximate surface area is 313 Å². The van der Waals surface area contributed by atoms with Gasteiger partial charge in [0.25, 0.3) is 11.8 Å². The van der Waals surface area contributed by atoms with Crippen molar-refractivity contribution in [2.24, 2.45) is 7.05 Å². The molecule has 1 atom stereocenters. The van der Waals surface area contributed by atoms with E-state index in [1.165, 1.54) is 5.56 Å². The fourth-order valence-corrected chi connectivity index (χ4v) is 8.15. The molecule has 5 aromatic rings. The van der Waals surface area contributed by atoms with Gasteiger partial charge in [0, 0.05) is 76.0 Å². The number of amides is 2. The van der Waals surface area contributed by atoms with Crippen molar-refractivity contribution in [1.29, 1.82) is 0 Å². The predicted octanol–water partition coefficient (Wildman–Crippen LogP) is 5.39. The Hall–Kier alpha value is -5.85. The second-order valence-electron chi connectivity index (χ2n) is 14.5. The molecule has 6 heterocycles.